The molecule has 0 aromatic heterocycles. The Morgan fingerprint density at radius 1 is 1.09 bits per heavy atom. The molecule has 0 bridgehead atoms. The summed E-state index contributed by atoms with van der Waals surface area (Å²) in [5.41, 5.74) is 5.54. The Morgan fingerprint density at radius 2 is 1.70 bits per heavy atom. The average Bonchev–Trinajstić information content (AvgIpc) is 2.58. The molecule has 2 aromatic rings. The molecule has 5 nitrogen and oxygen atoms in total. The number of carboxylic acid groups (broad SMARTS) is 1. The van der Waals surface area contributed by atoms with Crippen molar-refractivity contribution >= 4 is 17.4 Å². The third-order valence-electron chi connectivity index (χ3n) is 3.22. The third-order valence-corrected chi connectivity index (χ3v) is 3.22. The highest BCUT2D eigenvalue weighted by Crippen LogP contribution is 2.14. The zero-order valence-corrected chi connectivity index (χ0v) is 13.2. The Morgan fingerprint density at radius 3 is 2.26 bits per heavy atom. The van der Waals surface area contributed by atoms with Crippen LogP contribution in [0.5, 0.6) is 5.75 Å². The van der Waals surface area contributed by atoms with Crippen molar-refractivity contribution in [2.45, 2.75) is 20.3 Å². The maximum atomic E-state index is 10.7. The minimum Gasteiger partial charge on any atom is -0.545 e. The van der Waals surface area contributed by atoms with Crippen LogP contribution in [0.25, 0.3) is 0 Å². The van der Waals surface area contributed by atoms with Crippen molar-refractivity contribution in [2.75, 3.05) is 12.0 Å². The van der Waals surface area contributed by atoms with Crippen LogP contribution in [0.4, 0.5) is 5.69 Å². The third kappa shape index (κ3) is 4.85. The lowest BCUT2D eigenvalue weighted by Gasteiger charge is -2.07. The number of hydrazone groups is 1. The highest BCUT2D eigenvalue weighted by atomic mass is 16.5. The summed E-state index contributed by atoms with van der Waals surface area (Å²) in [7, 11) is 0. The summed E-state index contributed by atoms with van der Waals surface area (Å²) >= 11 is 0. The second-order valence-corrected chi connectivity index (χ2v) is 5.05. The second kappa shape index (κ2) is 7.98. The number of carbonyl (C=O) groups is 1. The number of carbonyl (C=O) groups excluding carboxylic acids is 1. The molecule has 1 N–H and O–H groups in total. The summed E-state index contributed by atoms with van der Waals surface area (Å²) in [6.45, 7) is 4.66. The zero-order chi connectivity index (χ0) is 16.7. The van der Waals surface area contributed by atoms with Crippen molar-refractivity contribution in [3.05, 3.63) is 59.7 Å². The maximum Gasteiger partial charge on any atom is 0.119 e. The van der Waals surface area contributed by atoms with E-state index >= 15 is 0 Å². The van der Waals surface area contributed by atoms with E-state index in [1.165, 1.54) is 12.1 Å². The molecule has 2 aromatic carbocycles. The number of hydrogen-bond donors (Lipinski definition) is 1. The summed E-state index contributed by atoms with van der Waals surface area (Å²) in [6.07, 6.45) is 0.975. The number of carboxylic acids is 1. The van der Waals surface area contributed by atoms with Gasteiger partial charge >= 0.3 is 0 Å². The number of benzene rings is 2. The Kier molecular flexibility index (Phi) is 5.74. The van der Waals surface area contributed by atoms with Gasteiger partial charge in [0.15, 0.2) is 0 Å². The molecule has 23 heavy (non-hydrogen) atoms. The fourth-order valence-corrected chi connectivity index (χ4v) is 1.91. The first-order valence-corrected chi connectivity index (χ1v) is 7.45. The van der Waals surface area contributed by atoms with Gasteiger partial charge in [-0.1, -0.05) is 19.1 Å². The van der Waals surface area contributed by atoms with E-state index in [1.807, 2.05) is 31.2 Å². The Hall–Kier alpha value is -2.82. The molecular formula is C18H19N2O3-. The van der Waals surface area contributed by atoms with Gasteiger partial charge in [-0.2, -0.15) is 5.10 Å². The van der Waals surface area contributed by atoms with Crippen molar-refractivity contribution in [3.8, 4) is 5.75 Å². The molecule has 2 rings (SSSR count). The van der Waals surface area contributed by atoms with Gasteiger partial charge in [-0.05, 0) is 60.9 Å². The first-order valence-electron chi connectivity index (χ1n) is 7.45. The first kappa shape index (κ1) is 16.5. The molecule has 0 unspecified atom stereocenters. The molecular weight excluding hydrogens is 292 g/mol. The summed E-state index contributed by atoms with van der Waals surface area (Å²) in [6, 6.07) is 14.0. The maximum absolute atomic E-state index is 10.7. The smallest absolute Gasteiger partial charge is 0.119 e. The van der Waals surface area contributed by atoms with Crippen molar-refractivity contribution < 1.29 is 14.6 Å². The largest absolute Gasteiger partial charge is 0.545 e. The SMILES string of the molecule is CCCOc1ccc(/C(C)=N\Nc2ccc(C(=O)[O-])cc2)cc1. The lowest BCUT2D eigenvalue weighted by atomic mass is 10.1. The number of hydrogen-bond acceptors (Lipinski definition) is 5. The quantitative estimate of drug-likeness (QED) is 0.630. The van der Waals surface area contributed by atoms with E-state index in [-0.39, 0.29) is 5.56 Å². The molecule has 0 aliphatic rings. The van der Waals surface area contributed by atoms with Crippen LogP contribution in [-0.4, -0.2) is 18.3 Å². The molecule has 0 atom stereocenters. The van der Waals surface area contributed by atoms with E-state index in [9.17, 15) is 9.90 Å². The Labute approximate surface area is 135 Å². The second-order valence-electron chi connectivity index (χ2n) is 5.05. The van der Waals surface area contributed by atoms with Gasteiger partial charge in [0.25, 0.3) is 0 Å². The van der Waals surface area contributed by atoms with Crippen molar-refractivity contribution in [1.29, 1.82) is 0 Å². The van der Waals surface area contributed by atoms with E-state index in [0.717, 1.165) is 23.4 Å². The van der Waals surface area contributed by atoms with Gasteiger partial charge in [0.05, 0.1) is 24.0 Å². The monoisotopic (exact) mass is 311 g/mol. The molecule has 0 amide bonds. The van der Waals surface area contributed by atoms with Gasteiger partial charge in [0.1, 0.15) is 5.75 Å². The van der Waals surface area contributed by atoms with E-state index in [4.69, 9.17) is 4.74 Å². The lowest BCUT2D eigenvalue weighted by molar-refractivity contribution is -0.255. The summed E-state index contributed by atoms with van der Waals surface area (Å²) < 4.78 is 5.54. The first-order chi connectivity index (χ1) is 11.1. The van der Waals surface area contributed by atoms with Crippen LogP contribution >= 0.6 is 0 Å². The number of nitrogens with one attached hydrogen (secondary N) is 1. The molecule has 0 radical (unpaired) electrons. The van der Waals surface area contributed by atoms with E-state index < -0.39 is 5.97 Å². The normalized spacial score (nSPS) is 11.1. The van der Waals surface area contributed by atoms with E-state index in [0.29, 0.717) is 12.3 Å². The minimum atomic E-state index is -1.19. The standard InChI is InChI=1S/C18H20N2O3/c1-3-12-23-17-10-6-14(7-11-17)13(2)19-20-16-8-4-15(5-9-16)18(21)22/h4-11,20H,3,12H2,1-2H3,(H,21,22)/p-1/b19-13-. The van der Waals surface area contributed by atoms with Gasteiger partial charge < -0.3 is 14.6 Å². The highest BCUT2D eigenvalue weighted by molar-refractivity contribution is 5.99. The molecule has 0 saturated carbocycles. The minimum absolute atomic E-state index is 0.138. The van der Waals surface area contributed by atoms with Crippen LogP contribution in [-0.2, 0) is 0 Å². The summed E-state index contributed by atoms with van der Waals surface area (Å²) in [5.74, 6) is -0.351. The van der Waals surface area contributed by atoms with Gasteiger partial charge in [-0.25, -0.2) is 0 Å². The van der Waals surface area contributed by atoms with Gasteiger partial charge in [-0.3, -0.25) is 5.43 Å². The van der Waals surface area contributed by atoms with E-state index in [1.54, 1.807) is 12.1 Å². The van der Waals surface area contributed by atoms with Crippen LogP contribution < -0.4 is 15.3 Å². The lowest BCUT2D eigenvalue weighted by Crippen LogP contribution is -2.21. The number of ether oxygens (including phenoxy) is 1. The Balaban J connectivity index is 2.00. The van der Waals surface area contributed by atoms with Crippen molar-refractivity contribution in [3.63, 3.8) is 0 Å². The zero-order valence-electron chi connectivity index (χ0n) is 13.2. The summed E-state index contributed by atoms with van der Waals surface area (Å²) in [5, 5.41) is 15.0. The topological polar surface area (TPSA) is 73.8 Å². The summed E-state index contributed by atoms with van der Waals surface area (Å²) in [4.78, 5) is 10.7. The predicted molar refractivity (Wildman–Crippen MR) is 88.8 cm³/mol. The molecule has 120 valence electrons. The van der Waals surface area contributed by atoms with Crippen LogP contribution in [0.2, 0.25) is 0 Å². The molecule has 0 heterocycles. The number of rotatable bonds is 7. The number of anilines is 1. The molecule has 0 aliphatic heterocycles. The van der Waals surface area contributed by atoms with Crippen LogP contribution in [0, 0.1) is 0 Å². The fraction of sp³-hybridized carbons (Fsp3) is 0.222. The molecule has 0 spiro atoms. The van der Waals surface area contributed by atoms with Gasteiger partial charge in [0, 0.05) is 0 Å². The van der Waals surface area contributed by atoms with Gasteiger partial charge in [0.2, 0.25) is 0 Å². The molecule has 5 heteroatoms. The van der Waals surface area contributed by atoms with Crippen molar-refractivity contribution in [1.82, 2.24) is 0 Å². The Bertz CT molecular complexity index is 676. The average molecular weight is 311 g/mol. The highest BCUT2D eigenvalue weighted by Gasteiger charge is 2.00. The van der Waals surface area contributed by atoms with E-state index in [2.05, 4.69) is 17.5 Å². The molecule has 0 saturated heterocycles. The number of nitrogens with zero attached hydrogens (tertiary/aromatic N) is 1. The van der Waals surface area contributed by atoms with Gasteiger partial charge in [-0.15, -0.1) is 0 Å². The predicted octanol–water partition coefficient (Wildman–Crippen LogP) is 2.68. The molecule has 0 fully saturated rings. The van der Waals surface area contributed by atoms with Crippen molar-refractivity contribution in [2.24, 2.45) is 5.10 Å². The van der Waals surface area contributed by atoms with Crippen LogP contribution in [0.3, 0.4) is 0 Å². The van der Waals surface area contributed by atoms with Crippen LogP contribution in [0.1, 0.15) is 36.2 Å². The number of aromatic carboxylic acids is 1. The molecule has 0 aliphatic carbocycles. The fourth-order valence-electron chi connectivity index (χ4n) is 1.91. The van der Waals surface area contributed by atoms with Crippen LogP contribution in [0.15, 0.2) is 53.6 Å².